The summed E-state index contributed by atoms with van der Waals surface area (Å²) in [5.41, 5.74) is 19.1. The van der Waals surface area contributed by atoms with Crippen molar-refractivity contribution in [3.05, 3.63) is 59.4 Å². The van der Waals surface area contributed by atoms with Crippen LogP contribution < -0.4 is 21.9 Å². The SMILES string of the molecule is N#Cc1c(N)nc(SC/C(N)=C/C=C\N)c(C#N)c1-c1ccc(OCCO)cc1. The second-order valence-corrected chi connectivity index (χ2v) is 6.63. The van der Waals surface area contributed by atoms with E-state index in [9.17, 15) is 10.5 Å². The molecule has 0 radical (unpaired) electrons. The van der Waals surface area contributed by atoms with E-state index in [-0.39, 0.29) is 30.2 Å². The summed E-state index contributed by atoms with van der Waals surface area (Å²) in [4.78, 5) is 4.23. The number of nitriles is 2. The average molecular weight is 408 g/mol. The molecule has 0 spiro atoms. The van der Waals surface area contributed by atoms with E-state index < -0.39 is 0 Å². The molecule has 0 saturated heterocycles. The molecule has 1 aromatic heterocycles. The van der Waals surface area contributed by atoms with Gasteiger partial charge in [0.25, 0.3) is 0 Å². The topological polar surface area (TPSA) is 168 Å². The number of allylic oxidation sites excluding steroid dienone is 2. The van der Waals surface area contributed by atoms with Crippen molar-refractivity contribution >= 4 is 17.6 Å². The number of ether oxygens (including phenoxy) is 1. The Kier molecular flexibility index (Phi) is 7.92. The summed E-state index contributed by atoms with van der Waals surface area (Å²) in [5, 5.41) is 28.6. The number of rotatable bonds is 8. The van der Waals surface area contributed by atoms with Crippen LogP contribution in [0.25, 0.3) is 11.1 Å². The Morgan fingerprint density at radius 1 is 1.21 bits per heavy atom. The van der Waals surface area contributed by atoms with Crippen LogP contribution in [0.3, 0.4) is 0 Å². The number of aliphatic hydroxyl groups is 1. The minimum absolute atomic E-state index is 0.0361. The van der Waals surface area contributed by atoms with Crippen LogP contribution >= 0.6 is 11.8 Å². The first kappa shape index (κ1) is 21.6. The smallest absolute Gasteiger partial charge is 0.143 e. The zero-order valence-electron chi connectivity index (χ0n) is 15.5. The van der Waals surface area contributed by atoms with Gasteiger partial charge in [-0.2, -0.15) is 10.5 Å². The van der Waals surface area contributed by atoms with Gasteiger partial charge in [0.2, 0.25) is 0 Å². The molecule has 2 aromatic rings. The molecule has 0 saturated carbocycles. The molecule has 9 heteroatoms. The van der Waals surface area contributed by atoms with Crippen LogP contribution in [0.2, 0.25) is 0 Å². The van der Waals surface area contributed by atoms with Crippen LogP contribution in [-0.4, -0.2) is 29.1 Å². The number of pyridine rings is 1. The number of benzene rings is 1. The number of thioether (sulfide) groups is 1. The van der Waals surface area contributed by atoms with Crippen molar-refractivity contribution < 1.29 is 9.84 Å². The first-order valence-electron chi connectivity index (χ1n) is 8.49. The number of nitrogens with zero attached hydrogens (tertiary/aromatic N) is 3. The van der Waals surface area contributed by atoms with E-state index in [0.29, 0.717) is 33.4 Å². The lowest BCUT2D eigenvalue weighted by Gasteiger charge is -2.13. The second-order valence-electron chi connectivity index (χ2n) is 5.66. The fourth-order valence-electron chi connectivity index (χ4n) is 2.45. The molecule has 1 aromatic carbocycles. The van der Waals surface area contributed by atoms with E-state index in [0.717, 1.165) is 0 Å². The highest BCUT2D eigenvalue weighted by Crippen LogP contribution is 2.36. The van der Waals surface area contributed by atoms with Gasteiger partial charge in [-0.3, -0.25) is 0 Å². The van der Waals surface area contributed by atoms with Gasteiger partial charge in [0, 0.05) is 17.0 Å². The second kappa shape index (κ2) is 10.6. The maximum Gasteiger partial charge on any atom is 0.143 e. The van der Waals surface area contributed by atoms with Gasteiger partial charge < -0.3 is 27.0 Å². The summed E-state index contributed by atoms with van der Waals surface area (Å²) < 4.78 is 5.35. The van der Waals surface area contributed by atoms with Crippen molar-refractivity contribution in [3.8, 4) is 29.0 Å². The Morgan fingerprint density at radius 2 is 1.90 bits per heavy atom. The molecule has 0 unspecified atom stereocenters. The highest BCUT2D eigenvalue weighted by Gasteiger charge is 2.20. The summed E-state index contributed by atoms with van der Waals surface area (Å²) in [6.45, 7) is 0.0720. The molecule has 0 fully saturated rings. The van der Waals surface area contributed by atoms with Gasteiger partial charge in [-0.15, -0.1) is 0 Å². The number of hydrogen-bond acceptors (Lipinski definition) is 9. The minimum Gasteiger partial charge on any atom is -0.491 e. The predicted molar refractivity (Wildman–Crippen MR) is 112 cm³/mol. The van der Waals surface area contributed by atoms with Gasteiger partial charge in [-0.1, -0.05) is 23.9 Å². The number of anilines is 1. The predicted octanol–water partition coefficient (Wildman–Crippen LogP) is 1.85. The number of aromatic nitrogens is 1. The lowest BCUT2D eigenvalue weighted by molar-refractivity contribution is 0.201. The first-order valence-corrected chi connectivity index (χ1v) is 9.47. The standard InChI is InChI=1S/C20H20N6O2S/c21-7-1-2-14(24)12-29-20-17(11-23)18(16(10-22)19(25)26-20)13-3-5-15(6-4-13)28-9-8-27/h1-7,27H,8-9,12,21,24H2,(H2,25,26)/b7-1-,14-2-. The van der Waals surface area contributed by atoms with Gasteiger partial charge in [-0.25, -0.2) is 4.98 Å². The molecule has 0 bridgehead atoms. The fraction of sp³-hybridized carbons (Fsp3) is 0.150. The summed E-state index contributed by atoms with van der Waals surface area (Å²) >= 11 is 1.24. The van der Waals surface area contributed by atoms with E-state index in [1.165, 1.54) is 18.0 Å². The summed E-state index contributed by atoms with van der Waals surface area (Å²) in [7, 11) is 0. The van der Waals surface area contributed by atoms with Gasteiger partial charge in [0.15, 0.2) is 0 Å². The van der Waals surface area contributed by atoms with E-state index in [1.54, 1.807) is 36.4 Å². The highest BCUT2D eigenvalue weighted by atomic mass is 32.2. The zero-order valence-corrected chi connectivity index (χ0v) is 16.3. The number of nitrogen functional groups attached to an aromatic ring is 1. The molecule has 0 aliphatic carbocycles. The maximum atomic E-state index is 9.77. The number of nitrogens with two attached hydrogens (primary N) is 3. The normalized spacial score (nSPS) is 11.2. The van der Waals surface area contributed by atoms with Crippen molar-refractivity contribution in [2.24, 2.45) is 11.5 Å². The molecule has 0 atom stereocenters. The molecule has 148 valence electrons. The van der Waals surface area contributed by atoms with E-state index in [2.05, 4.69) is 11.1 Å². The molecule has 0 aliphatic rings. The molecule has 29 heavy (non-hydrogen) atoms. The van der Waals surface area contributed by atoms with Crippen LogP contribution in [0.4, 0.5) is 5.82 Å². The van der Waals surface area contributed by atoms with Crippen LogP contribution in [0.1, 0.15) is 11.1 Å². The third-order valence-electron chi connectivity index (χ3n) is 3.72. The summed E-state index contributed by atoms with van der Waals surface area (Å²) in [6, 6.07) is 11.0. The lowest BCUT2D eigenvalue weighted by atomic mass is 9.97. The van der Waals surface area contributed by atoms with Crippen molar-refractivity contribution in [2.75, 3.05) is 24.7 Å². The lowest BCUT2D eigenvalue weighted by Crippen LogP contribution is -2.05. The van der Waals surface area contributed by atoms with Gasteiger partial charge in [-0.05, 0) is 36.0 Å². The average Bonchev–Trinajstić information content (AvgIpc) is 2.74. The van der Waals surface area contributed by atoms with Crippen LogP contribution in [-0.2, 0) is 0 Å². The van der Waals surface area contributed by atoms with Crippen molar-refractivity contribution in [1.82, 2.24) is 4.98 Å². The maximum absolute atomic E-state index is 9.77. The number of hydrogen-bond donors (Lipinski definition) is 4. The summed E-state index contributed by atoms with van der Waals surface area (Å²) in [6.07, 6.45) is 4.62. The number of aliphatic hydroxyl groups excluding tert-OH is 1. The molecule has 8 nitrogen and oxygen atoms in total. The minimum atomic E-state index is -0.0982. The molecule has 2 rings (SSSR count). The molecule has 7 N–H and O–H groups in total. The molecule has 0 amide bonds. The molecule has 1 heterocycles. The Labute approximate surface area is 172 Å². The van der Waals surface area contributed by atoms with E-state index in [1.807, 2.05) is 6.07 Å². The van der Waals surface area contributed by atoms with Gasteiger partial charge in [0.1, 0.15) is 40.9 Å². The Morgan fingerprint density at radius 3 is 2.48 bits per heavy atom. The van der Waals surface area contributed by atoms with E-state index in [4.69, 9.17) is 27.0 Å². The van der Waals surface area contributed by atoms with Crippen LogP contribution in [0.15, 0.2) is 53.3 Å². The van der Waals surface area contributed by atoms with Crippen molar-refractivity contribution in [1.29, 1.82) is 10.5 Å². The Balaban J connectivity index is 2.49. The van der Waals surface area contributed by atoms with Gasteiger partial charge >= 0.3 is 0 Å². The largest absolute Gasteiger partial charge is 0.491 e. The Bertz CT molecular complexity index is 1000. The van der Waals surface area contributed by atoms with Gasteiger partial charge in [0.05, 0.1) is 12.2 Å². The quantitative estimate of drug-likeness (QED) is 0.376. The molecular weight excluding hydrogens is 388 g/mol. The van der Waals surface area contributed by atoms with Crippen LogP contribution in [0.5, 0.6) is 5.75 Å². The molecule has 0 aliphatic heterocycles. The summed E-state index contributed by atoms with van der Waals surface area (Å²) in [5.74, 6) is 0.960. The monoisotopic (exact) mass is 408 g/mol. The third-order valence-corrected chi connectivity index (χ3v) is 4.76. The van der Waals surface area contributed by atoms with Crippen molar-refractivity contribution in [2.45, 2.75) is 5.03 Å². The fourth-order valence-corrected chi connectivity index (χ4v) is 3.31. The molecular formula is C20H20N6O2S. The third kappa shape index (κ3) is 5.42. The Hall–Kier alpha value is -3.66. The zero-order chi connectivity index (χ0) is 21.2. The van der Waals surface area contributed by atoms with Crippen molar-refractivity contribution in [3.63, 3.8) is 0 Å². The van der Waals surface area contributed by atoms with Crippen LogP contribution in [0, 0.1) is 22.7 Å². The first-order chi connectivity index (χ1) is 14.0. The van der Waals surface area contributed by atoms with E-state index >= 15 is 0 Å². The highest BCUT2D eigenvalue weighted by molar-refractivity contribution is 7.99.